The molecule has 0 bridgehead atoms. The fourth-order valence-corrected chi connectivity index (χ4v) is 4.58. The first-order valence-corrected chi connectivity index (χ1v) is 12.3. The van der Waals surface area contributed by atoms with Crippen LogP contribution in [0, 0.1) is 5.92 Å². The molecule has 2 aromatic rings. The van der Waals surface area contributed by atoms with Gasteiger partial charge < -0.3 is 5.32 Å². The Morgan fingerprint density at radius 3 is 2.81 bits per heavy atom. The highest BCUT2D eigenvalue weighted by molar-refractivity contribution is 7.99. The number of amides is 1. The zero-order valence-corrected chi connectivity index (χ0v) is 19.8. The number of allylic oxidation sites excluding steroid dienone is 3. The topological polar surface area (TPSA) is 59.8 Å². The van der Waals surface area contributed by atoms with Crippen molar-refractivity contribution < 1.29 is 4.79 Å². The van der Waals surface area contributed by atoms with E-state index in [-0.39, 0.29) is 11.3 Å². The maximum atomic E-state index is 11.9. The summed E-state index contributed by atoms with van der Waals surface area (Å²) in [6.07, 6.45) is 10.1. The van der Waals surface area contributed by atoms with Crippen molar-refractivity contribution in [2.45, 2.75) is 56.5 Å². The van der Waals surface area contributed by atoms with E-state index in [2.05, 4.69) is 52.1 Å². The molecular formula is C24H31ClN4OS. The molecule has 1 amide bonds. The van der Waals surface area contributed by atoms with Gasteiger partial charge in [0.2, 0.25) is 5.91 Å². The van der Waals surface area contributed by atoms with Crippen molar-refractivity contribution >= 4 is 29.3 Å². The first-order valence-electron chi connectivity index (χ1n) is 10.9. The molecule has 0 saturated heterocycles. The number of carbonyl (C=O) groups is 1. The molecule has 5 nitrogen and oxygen atoms in total. The Labute approximate surface area is 194 Å². The molecule has 1 N–H and O–H groups in total. The van der Waals surface area contributed by atoms with Crippen molar-refractivity contribution in [1.82, 2.24) is 20.1 Å². The molecule has 166 valence electrons. The van der Waals surface area contributed by atoms with Gasteiger partial charge in [0, 0.05) is 30.8 Å². The molecule has 0 spiro atoms. The Balaban J connectivity index is 1.61. The summed E-state index contributed by atoms with van der Waals surface area (Å²) in [5.74, 6) is 2.38. The third-order valence-corrected chi connectivity index (χ3v) is 6.31. The fourth-order valence-electron chi connectivity index (χ4n) is 3.33. The zero-order chi connectivity index (χ0) is 22.1. The van der Waals surface area contributed by atoms with Crippen LogP contribution in [0.3, 0.4) is 0 Å². The number of halogens is 1. The number of hydrogen-bond acceptors (Lipinski definition) is 4. The van der Waals surface area contributed by atoms with E-state index < -0.39 is 0 Å². The molecule has 1 unspecified atom stereocenters. The Morgan fingerprint density at radius 1 is 1.26 bits per heavy atom. The molecule has 0 radical (unpaired) electrons. The smallest absolute Gasteiger partial charge is 0.220 e. The van der Waals surface area contributed by atoms with Gasteiger partial charge in [-0.2, -0.15) is 0 Å². The molecule has 1 atom stereocenters. The van der Waals surface area contributed by atoms with Crippen LogP contribution in [0.15, 0.2) is 59.3 Å². The molecule has 3 rings (SSSR count). The van der Waals surface area contributed by atoms with Crippen molar-refractivity contribution in [3.63, 3.8) is 0 Å². The summed E-state index contributed by atoms with van der Waals surface area (Å²) >= 11 is 7.94. The fraction of sp³-hybridized carbons (Fsp3) is 0.458. The van der Waals surface area contributed by atoms with E-state index in [9.17, 15) is 4.79 Å². The number of rotatable bonds is 11. The van der Waals surface area contributed by atoms with Crippen LogP contribution in [0.5, 0.6) is 0 Å². The van der Waals surface area contributed by atoms with Gasteiger partial charge in [0.25, 0.3) is 0 Å². The number of nitrogens with one attached hydrogen (secondary N) is 1. The van der Waals surface area contributed by atoms with Gasteiger partial charge in [0.05, 0.1) is 5.38 Å². The van der Waals surface area contributed by atoms with Crippen molar-refractivity contribution in [2.75, 3.05) is 12.3 Å². The molecular weight excluding hydrogens is 428 g/mol. The van der Waals surface area contributed by atoms with E-state index in [0.717, 1.165) is 54.6 Å². The molecule has 0 aliphatic heterocycles. The maximum Gasteiger partial charge on any atom is 0.220 e. The third-order valence-electron chi connectivity index (χ3n) is 4.97. The summed E-state index contributed by atoms with van der Waals surface area (Å²) in [5, 5.41) is 12.9. The molecule has 1 heterocycles. The van der Waals surface area contributed by atoms with Crippen molar-refractivity contribution in [3.05, 3.63) is 60.0 Å². The van der Waals surface area contributed by atoms with E-state index in [1.807, 2.05) is 30.4 Å². The highest BCUT2D eigenvalue weighted by atomic mass is 35.5. The number of unbranched alkanes of at least 4 members (excludes halogenated alkanes) is 1. The largest absolute Gasteiger partial charge is 0.356 e. The minimum Gasteiger partial charge on any atom is -0.356 e. The SMILES string of the molecule is CC(C)CNC(=O)CCCCc1nnc(SCC2=CC=CC(Cl)C2)n1-c1ccccc1. The maximum absolute atomic E-state index is 11.9. The van der Waals surface area contributed by atoms with Crippen LogP contribution in [0.4, 0.5) is 0 Å². The van der Waals surface area contributed by atoms with E-state index >= 15 is 0 Å². The summed E-state index contributed by atoms with van der Waals surface area (Å²) in [7, 11) is 0. The average Bonchev–Trinajstić information content (AvgIpc) is 3.17. The van der Waals surface area contributed by atoms with Crippen LogP contribution in [0.25, 0.3) is 5.69 Å². The average molecular weight is 459 g/mol. The monoisotopic (exact) mass is 458 g/mol. The number of alkyl halides is 1. The summed E-state index contributed by atoms with van der Waals surface area (Å²) < 4.78 is 2.14. The van der Waals surface area contributed by atoms with Crippen molar-refractivity contribution in [1.29, 1.82) is 0 Å². The number of benzene rings is 1. The highest BCUT2D eigenvalue weighted by Crippen LogP contribution is 2.27. The number of para-hydroxylation sites is 1. The molecule has 0 fully saturated rings. The molecule has 1 aromatic carbocycles. The first kappa shape index (κ1) is 23.6. The number of carbonyl (C=O) groups excluding carboxylic acids is 1. The first-order chi connectivity index (χ1) is 15.0. The normalized spacial score (nSPS) is 15.9. The minimum atomic E-state index is 0.0703. The molecule has 31 heavy (non-hydrogen) atoms. The van der Waals surface area contributed by atoms with E-state index in [1.165, 1.54) is 5.57 Å². The van der Waals surface area contributed by atoms with Crippen LogP contribution in [0.2, 0.25) is 0 Å². The van der Waals surface area contributed by atoms with Gasteiger partial charge in [-0.1, -0.05) is 67.6 Å². The summed E-state index contributed by atoms with van der Waals surface area (Å²) in [6, 6.07) is 10.2. The van der Waals surface area contributed by atoms with Crippen LogP contribution in [0.1, 0.15) is 45.4 Å². The predicted molar refractivity (Wildman–Crippen MR) is 129 cm³/mol. The minimum absolute atomic E-state index is 0.0703. The van der Waals surface area contributed by atoms with Crippen LogP contribution in [-0.2, 0) is 11.2 Å². The summed E-state index contributed by atoms with van der Waals surface area (Å²) in [6.45, 7) is 4.93. The van der Waals surface area contributed by atoms with Gasteiger partial charge in [0.15, 0.2) is 5.16 Å². The van der Waals surface area contributed by atoms with Crippen LogP contribution < -0.4 is 5.32 Å². The Kier molecular flexibility index (Phi) is 9.22. The number of hydrogen-bond donors (Lipinski definition) is 1. The molecule has 0 saturated carbocycles. The highest BCUT2D eigenvalue weighted by Gasteiger charge is 2.16. The van der Waals surface area contributed by atoms with E-state index in [0.29, 0.717) is 12.3 Å². The standard InChI is InChI=1S/C24H31ClN4OS/c1-18(2)16-26-23(30)14-7-6-13-22-27-28-24(29(22)21-11-4-3-5-12-21)31-17-19-9-8-10-20(25)15-19/h3-5,8-12,18,20H,6-7,13-17H2,1-2H3,(H,26,30). The number of aryl methyl sites for hydroxylation is 1. The zero-order valence-electron chi connectivity index (χ0n) is 18.3. The Hall–Kier alpha value is -2.05. The lowest BCUT2D eigenvalue weighted by Crippen LogP contribution is -2.26. The van der Waals surface area contributed by atoms with Gasteiger partial charge in [-0.15, -0.1) is 21.8 Å². The molecule has 7 heteroatoms. The van der Waals surface area contributed by atoms with Gasteiger partial charge in [-0.25, -0.2) is 0 Å². The number of thioether (sulfide) groups is 1. The van der Waals surface area contributed by atoms with Gasteiger partial charge in [-0.05, 0) is 37.3 Å². The van der Waals surface area contributed by atoms with Gasteiger partial charge >= 0.3 is 0 Å². The lowest BCUT2D eigenvalue weighted by atomic mass is 10.1. The summed E-state index contributed by atoms with van der Waals surface area (Å²) in [5.41, 5.74) is 2.37. The lowest BCUT2D eigenvalue weighted by molar-refractivity contribution is -0.121. The molecule has 1 aliphatic rings. The second-order valence-electron chi connectivity index (χ2n) is 8.19. The molecule has 1 aromatic heterocycles. The van der Waals surface area contributed by atoms with Gasteiger partial charge in [0.1, 0.15) is 5.82 Å². The van der Waals surface area contributed by atoms with Crippen LogP contribution in [-0.4, -0.2) is 38.3 Å². The van der Waals surface area contributed by atoms with Crippen LogP contribution >= 0.6 is 23.4 Å². The Bertz CT molecular complexity index is 908. The third kappa shape index (κ3) is 7.54. The summed E-state index contributed by atoms with van der Waals surface area (Å²) in [4.78, 5) is 11.9. The second kappa shape index (κ2) is 12.1. The van der Waals surface area contributed by atoms with Crippen molar-refractivity contribution in [2.24, 2.45) is 5.92 Å². The quantitative estimate of drug-likeness (QED) is 0.280. The van der Waals surface area contributed by atoms with E-state index in [1.54, 1.807) is 11.8 Å². The lowest BCUT2D eigenvalue weighted by Gasteiger charge is -2.14. The second-order valence-corrected chi connectivity index (χ2v) is 9.70. The van der Waals surface area contributed by atoms with E-state index in [4.69, 9.17) is 11.6 Å². The number of nitrogens with zero attached hydrogens (tertiary/aromatic N) is 3. The number of aromatic nitrogens is 3. The molecule has 1 aliphatic carbocycles. The van der Waals surface area contributed by atoms with Gasteiger partial charge in [-0.3, -0.25) is 9.36 Å². The Morgan fingerprint density at radius 2 is 2.06 bits per heavy atom. The van der Waals surface area contributed by atoms with Crippen molar-refractivity contribution in [3.8, 4) is 5.69 Å². The predicted octanol–water partition coefficient (Wildman–Crippen LogP) is 5.34.